The van der Waals surface area contributed by atoms with Crippen LogP contribution >= 0.6 is 0 Å². The molecule has 0 unspecified atom stereocenters. The first-order valence-electron chi connectivity index (χ1n) is 7.73. The third kappa shape index (κ3) is 6.42. The summed E-state index contributed by atoms with van der Waals surface area (Å²) in [5.74, 6) is 1.57. The zero-order chi connectivity index (χ0) is 15.2. The van der Waals surface area contributed by atoms with Gasteiger partial charge in [-0.15, -0.1) is 0 Å². The van der Waals surface area contributed by atoms with Crippen molar-refractivity contribution >= 4 is 0 Å². The highest BCUT2D eigenvalue weighted by atomic mass is 16.5. The van der Waals surface area contributed by atoms with Crippen LogP contribution in [0.4, 0.5) is 0 Å². The molecule has 0 aliphatic carbocycles. The fourth-order valence-corrected chi connectivity index (χ4v) is 1.95. The molecule has 1 aromatic rings. The summed E-state index contributed by atoms with van der Waals surface area (Å²) < 4.78 is 5.90. The first-order chi connectivity index (χ1) is 9.29. The van der Waals surface area contributed by atoms with Crippen LogP contribution in [0.1, 0.15) is 58.1 Å². The van der Waals surface area contributed by atoms with Gasteiger partial charge in [0, 0.05) is 6.54 Å². The van der Waals surface area contributed by atoms with Crippen molar-refractivity contribution in [2.24, 2.45) is 5.41 Å². The number of hydrogen-bond donors (Lipinski definition) is 1. The molecule has 0 aliphatic rings. The van der Waals surface area contributed by atoms with Gasteiger partial charge in [-0.1, -0.05) is 46.8 Å². The van der Waals surface area contributed by atoms with E-state index in [1.165, 1.54) is 17.5 Å². The van der Waals surface area contributed by atoms with E-state index in [2.05, 4.69) is 65.1 Å². The molecule has 0 heterocycles. The molecule has 0 aliphatic heterocycles. The summed E-state index contributed by atoms with van der Waals surface area (Å²) in [6.45, 7) is 16.0. The Morgan fingerprint density at radius 2 is 1.85 bits per heavy atom. The number of nitrogens with one attached hydrogen (secondary N) is 1. The second kappa shape index (κ2) is 7.68. The smallest absolute Gasteiger partial charge is 0.122 e. The van der Waals surface area contributed by atoms with E-state index in [1.807, 2.05) is 0 Å². The van der Waals surface area contributed by atoms with E-state index < -0.39 is 0 Å². The van der Waals surface area contributed by atoms with E-state index in [4.69, 9.17) is 4.74 Å². The number of hydrogen-bond acceptors (Lipinski definition) is 2. The van der Waals surface area contributed by atoms with Gasteiger partial charge in [0.15, 0.2) is 0 Å². The van der Waals surface area contributed by atoms with Gasteiger partial charge in [0.05, 0.1) is 0 Å². The maximum absolute atomic E-state index is 5.90. The Hall–Kier alpha value is -1.02. The number of benzene rings is 1. The van der Waals surface area contributed by atoms with E-state index in [9.17, 15) is 0 Å². The topological polar surface area (TPSA) is 21.3 Å². The molecular formula is C18H31NO. The molecule has 1 aromatic carbocycles. The Morgan fingerprint density at radius 3 is 2.45 bits per heavy atom. The minimum atomic E-state index is 0.399. The lowest BCUT2D eigenvalue weighted by Crippen LogP contribution is -2.25. The van der Waals surface area contributed by atoms with Gasteiger partial charge in [0.25, 0.3) is 0 Å². The fraction of sp³-hybridized carbons (Fsp3) is 0.667. The summed E-state index contributed by atoms with van der Waals surface area (Å²) in [5, 5.41) is 3.44. The van der Waals surface area contributed by atoms with Gasteiger partial charge in [0.1, 0.15) is 12.4 Å². The van der Waals surface area contributed by atoms with Crippen molar-refractivity contribution in [3.8, 4) is 5.75 Å². The van der Waals surface area contributed by atoms with Gasteiger partial charge in [-0.2, -0.15) is 0 Å². The van der Waals surface area contributed by atoms with Gasteiger partial charge in [-0.25, -0.2) is 0 Å². The summed E-state index contributed by atoms with van der Waals surface area (Å²) in [6, 6.07) is 6.52. The van der Waals surface area contributed by atoms with Crippen molar-refractivity contribution in [3.05, 3.63) is 29.3 Å². The lowest BCUT2D eigenvalue weighted by atomic mass is 9.92. The molecule has 1 rings (SSSR count). The highest BCUT2D eigenvalue weighted by molar-refractivity contribution is 5.37. The molecule has 114 valence electrons. The lowest BCUT2D eigenvalue weighted by Gasteiger charge is -2.18. The van der Waals surface area contributed by atoms with Crippen LogP contribution in [-0.2, 0) is 0 Å². The highest BCUT2D eigenvalue weighted by Gasteiger charge is 2.08. The summed E-state index contributed by atoms with van der Waals surface area (Å²) in [4.78, 5) is 0. The highest BCUT2D eigenvalue weighted by Crippen LogP contribution is 2.24. The van der Waals surface area contributed by atoms with Gasteiger partial charge >= 0.3 is 0 Å². The Balaban J connectivity index is 2.33. The first kappa shape index (κ1) is 17.0. The minimum Gasteiger partial charge on any atom is -0.492 e. The summed E-state index contributed by atoms with van der Waals surface area (Å²) >= 11 is 0. The molecule has 2 nitrogen and oxygen atoms in total. The van der Waals surface area contributed by atoms with Crippen molar-refractivity contribution in [3.63, 3.8) is 0 Å². The zero-order valence-corrected chi connectivity index (χ0v) is 14.0. The van der Waals surface area contributed by atoms with Crippen molar-refractivity contribution in [1.82, 2.24) is 5.32 Å². The molecule has 0 aromatic heterocycles. The maximum Gasteiger partial charge on any atom is 0.122 e. The van der Waals surface area contributed by atoms with Crippen LogP contribution in [0.2, 0.25) is 0 Å². The normalized spacial score (nSPS) is 11.9. The zero-order valence-electron chi connectivity index (χ0n) is 14.0. The molecule has 0 radical (unpaired) electrons. The molecule has 0 saturated heterocycles. The monoisotopic (exact) mass is 277 g/mol. The second-order valence-corrected chi connectivity index (χ2v) is 7.09. The molecule has 0 spiro atoms. The average molecular weight is 277 g/mol. The average Bonchev–Trinajstić information content (AvgIpc) is 2.34. The Kier molecular flexibility index (Phi) is 6.54. The second-order valence-electron chi connectivity index (χ2n) is 7.09. The summed E-state index contributed by atoms with van der Waals surface area (Å²) in [7, 11) is 0. The third-order valence-corrected chi connectivity index (χ3v) is 3.47. The molecular weight excluding hydrogens is 246 g/mol. The van der Waals surface area contributed by atoms with Crippen LogP contribution in [0.5, 0.6) is 5.75 Å². The van der Waals surface area contributed by atoms with Crippen LogP contribution in [0.15, 0.2) is 18.2 Å². The quantitative estimate of drug-likeness (QED) is 0.740. The van der Waals surface area contributed by atoms with Crippen molar-refractivity contribution < 1.29 is 4.74 Å². The standard InChI is InChI=1S/C18H31NO/c1-14(2)16-8-7-15(3)17(13-16)20-12-11-19-10-9-18(4,5)6/h7-8,13-14,19H,9-12H2,1-6H3. The molecule has 0 fully saturated rings. The molecule has 20 heavy (non-hydrogen) atoms. The van der Waals surface area contributed by atoms with Crippen LogP contribution in [0.3, 0.4) is 0 Å². The Bertz CT molecular complexity index is 404. The summed E-state index contributed by atoms with van der Waals surface area (Å²) in [6.07, 6.45) is 1.19. The van der Waals surface area contributed by atoms with Gasteiger partial charge in [0.2, 0.25) is 0 Å². The molecule has 0 bridgehead atoms. The fourth-order valence-electron chi connectivity index (χ4n) is 1.95. The van der Waals surface area contributed by atoms with E-state index in [0.717, 1.165) is 25.4 Å². The predicted octanol–water partition coefficient (Wildman–Crippen LogP) is 4.52. The maximum atomic E-state index is 5.90. The third-order valence-electron chi connectivity index (χ3n) is 3.47. The van der Waals surface area contributed by atoms with Gasteiger partial charge < -0.3 is 10.1 Å². The van der Waals surface area contributed by atoms with E-state index >= 15 is 0 Å². The Labute approximate surface area is 124 Å². The first-order valence-corrected chi connectivity index (χ1v) is 7.73. The van der Waals surface area contributed by atoms with Crippen molar-refractivity contribution in [2.45, 2.75) is 53.9 Å². The molecule has 0 saturated carbocycles. The summed E-state index contributed by atoms with van der Waals surface area (Å²) in [5.41, 5.74) is 2.95. The van der Waals surface area contributed by atoms with Gasteiger partial charge in [-0.3, -0.25) is 0 Å². The van der Waals surface area contributed by atoms with E-state index in [1.54, 1.807) is 0 Å². The van der Waals surface area contributed by atoms with Crippen LogP contribution in [0.25, 0.3) is 0 Å². The minimum absolute atomic E-state index is 0.399. The Morgan fingerprint density at radius 1 is 1.15 bits per heavy atom. The molecule has 2 heteroatoms. The molecule has 0 atom stereocenters. The van der Waals surface area contributed by atoms with E-state index in [0.29, 0.717) is 11.3 Å². The SMILES string of the molecule is Cc1ccc(C(C)C)cc1OCCNCCC(C)(C)C. The van der Waals surface area contributed by atoms with Crippen LogP contribution in [-0.4, -0.2) is 19.7 Å². The molecule has 1 N–H and O–H groups in total. The van der Waals surface area contributed by atoms with Crippen molar-refractivity contribution in [2.75, 3.05) is 19.7 Å². The van der Waals surface area contributed by atoms with Crippen molar-refractivity contribution in [1.29, 1.82) is 0 Å². The molecule has 0 amide bonds. The largest absolute Gasteiger partial charge is 0.492 e. The van der Waals surface area contributed by atoms with Crippen LogP contribution in [0, 0.1) is 12.3 Å². The van der Waals surface area contributed by atoms with Crippen LogP contribution < -0.4 is 10.1 Å². The number of aryl methyl sites for hydroxylation is 1. The lowest BCUT2D eigenvalue weighted by molar-refractivity contribution is 0.302. The number of rotatable bonds is 7. The number of ether oxygens (including phenoxy) is 1. The van der Waals surface area contributed by atoms with Gasteiger partial charge in [-0.05, 0) is 48.4 Å². The van der Waals surface area contributed by atoms with E-state index in [-0.39, 0.29) is 0 Å². The predicted molar refractivity (Wildman–Crippen MR) is 87.7 cm³/mol.